The van der Waals surface area contributed by atoms with Gasteiger partial charge in [-0.3, -0.25) is 0 Å². The van der Waals surface area contributed by atoms with Gasteiger partial charge < -0.3 is 10.5 Å². The van der Waals surface area contributed by atoms with Crippen LogP contribution >= 0.6 is 22.9 Å². The van der Waals surface area contributed by atoms with E-state index in [9.17, 15) is 0 Å². The van der Waals surface area contributed by atoms with Gasteiger partial charge >= 0.3 is 0 Å². The van der Waals surface area contributed by atoms with E-state index in [0.717, 1.165) is 22.7 Å². The lowest BCUT2D eigenvalue weighted by atomic mass is 10.00. The lowest BCUT2D eigenvalue weighted by molar-refractivity contribution is 0.340. The molecule has 19 heavy (non-hydrogen) atoms. The highest BCUT2D eigenvalue weighted by Crippen LogP contribution is 2.28. The van der Waals surface area contributed by atoms with Gasteiger partial charge in [-0.1, -0.05) is 17.7 Å². The number of halogens is 1. The first-order valence-electron chi connectivity index (χ1n) is 6.25. The molecule has 1 unspecified atom stereocenters. The van der Waals surface area contributed by atoms with Gasteiger partial charge in [0.25, 0.3) is 0 Å². The molecule has 2 aromatic rings. The molecule has 1 atom stereocenters. The molecule has 1 aromatic heterocycles. The maximum absolute atomic E-state index is 6.19. The van der Waals surface area contributed by atoms with Crippen molar-refractivity contribution in [3.05, 3.63) is 45.4 Å². The van der Waals surface area contributed by atoms with Gasteiger partial charge in [0.15, 0.2) is 0 Å². The van der Waals surface area contributed by atoms with Gasteiger partial charge in [0.2, 0.25) is 0 Å². The molecular weight excluding hydrogens is 280 g/mol. The van der Waals surface area contributed by atoms with Crippen LogP contribution in [0.3, 0.4) is 0 Å². The number of nitrogens with two attached hydrogens (primary N) is 1. The molecule has 0 bridgehead atoms. The van der Waals surface area contributed by atoms with Gasteiger partial charge in [0, 0.05) is 24.0 Å². The summed E-state index contributed by atoms with van der Waals surface area (Å²) in [5.74, 6) is 0.973. The second-order valence-electron chi connectivity index (χ2n) is 4.20. The smallest absolute Gasteiger partial charge is 0.137 e. The molecule has 2 N–H and O–H groups in total. The van der Waals surface area contributed by atoms with Crippen LogP contribution in [0.1, 0.15) is 23.4 Å². The third-order valence-electron chi connectivity index (χ3n) is 2.86. The molecule has 2 rings (SSSR count). The summed E-state index contributed by atoms with van der Waals surface area (Å²) in [7, 11) is 0. The molecule has 0 aliphatic heterocycles. The average molecular weight is 297 g/mol. The monoisotopic (exact) mass is 296 g/mol. The van der Waals surface area contributed by atoms with Crippen LogP contribution in [-0.2, 0) is 6.42 Å². The Morgan fingerprint density at radius 2 is 2.32 bits per heavy atom. The van der Waals surface area contributed by atoms with Crippen molar-refractivity contribution < 1.29 is 4.74 Å². The Labute approximate surface area is 122 Å². The minimum Gasteiger partial charge on any atom is -0.492 e. The zero-order valence-corrected chi connectivity index (χ0v) is 12.4. The second-order valence-corrected chi connectivity index (χ2v) is 5.54. The van der Waals surface area contributed by atoms with E-state index in [1.807, 2.05) is 36.7 Å². The van der Waals surface area contributed by atoms with Gasteiger partial charge in [-0.05, 0) is 31.0 Å². The van der Waals surface area contributed by atoms with Crippen LogP contribution in [0.2, 0.25) is 5.02 Å². The molecular formula is C14H17ClN2OS. The third-order valence-corrected chi connectivity index (χ3v) is 4.10. The highest BCUT2D eigenvalue weighted by Gasteiger charge is 2.14. The SMILES string of the molecule is CCOc1ccc(CC(CN)c2nccs2)cc1Cl. The molecule has 1 aromatic carbocycles. The Bertz CT molecular complexity index is 516. The molecule has 1 heterocycles. The molecule has 0 amide bonds. The Balaban J connectivity index is 2.12. The van der Waals surface area contributed by atoms with Gasteiger partial charge in [0.1, 0.15) is 5.75 Å². The molecule has 0 aliphatic carbocycles. The van der Waals surface area contributed by atoms with E-state index in [1.54, 1.807) is 11.3 Å². The minimum absolute atomic E-state index is 0.244. The summed E-state index contributed by atoms with van der Waals surface area (Å²) in [6.07, 6.45) is 2.66. The number of benzene rings is 1. The summed E-state index contributed by atoms with van der Waals surface area (Å²) in [4.78, 5) is 4.33. The lowest BCUT2D eigenvalue weighted by Gasteiger charge is -2.13. The van der Waals surface area contributed by atoms with Crippen molar-refractivity contribution in [3.63, 3.8) is 0 Å². The number of thiazole rings is 1. The van der Waals surface area contributed by atoms with E-state index in [0.29, 0.717) is 18.2 Å². The minimum atomic E-state index is 0.244. The van der Waals surface area contributed by atoms with Crippen LogP contribution in [0.5, 0.6) is 5.75 Å². The second kappa shape index (κ2) is 6.89. The summed E-state index contributed by atoms with van der Waals surface area (Å²) < 4.78 is 5.43. The van der Waals surface area contributed by atoms with E-state index in [-0.39, 0.29) is 5.92 Å². The fourth-order valence-corrected chi connectivity index (χ4v) is 2.95. The Morgan fingerprint density at radius 3 is 2.89 bits per heavy atom. The molecule has 0 spiro atoms. The van der Waals surface area contributed by atoms with Crippen molar-refractivity contribution in [1.82, 2.24) is 4.98 Å². The lowest BCUT2D eigenvalue weighted by Crippen LogP contribution is -2.14. The topological polar surface area (TPSA) is 48.1 Å². The predicted molar refractivity (Wildman–Crippen MR) is 80.2 cm³/mol. The number of ether oxygens (including phenoxy) is 1. The van der Waals surface area contributed by atoms with Crippen molar-refractivity contribution in [3.8, 4) is 5.75 Å². The zero-order chi connectivity index (χ0) is 13.7. The molecule has 0 aliphatic rings. The maximum atomic E-state index is 6.19. The van der Waals surface area contributed by atoms with E-state index >= 15 is 0 Å². The fourth-order valence-electron chi connectivity index (χ4n) is 1.94. The van der Waals surface area contributed by atoms with Crippen molar-refractivity contribution in [2.45, 2.75) is 19.3 Å². The molecule has 102 valence electrons. The summed E-state index contributed by atoms with van der Waals surface area (Å²) in [5.41, 5.74) is 6.99. The normalized spacial score (nSPS) is 12.4. The van der Waals surface area contributed by atoms with Crippen molar-refractivity contribution in [2.75, 3.05) is 13.2 Å². The van der Waals surface area contributed by atoms with Gasteiger partial charge in [-0.25, -0.2) is 4.98 Å². The highest BCUT2D eigenvalue weighted by molar-refractivity contribution is 7.09. The Kier molecular flexibility index (Phi) is 5.19. The molecule has 5 heteroatoms. The van der Waals surface area contributed by atoms with Crippen molar-refractivity contribution in [2.24, 2.45) is 5.73 Å². The number of rotatable bonds is 6. The van der Waals surface area contributed by atoms with Crippen molar-refractivity contribution in [1.29, 1.82) is 0 Å². The average Bonchev–Trinajstić information content (AvgIpc) is 2.93. The Morgan fingerprint density at radius 1 is 1.47 bits per heavy atom. The fraction of sp³-hybridized carbons (Fsp3) is 0.357. The van der Waals surface area contributed by atoms with Crippen LogP contribution in [0.15, 0.2) is 29.8 Å². The molecule has 0 saturated heterocycles. The first-order chi connectivity index (χ1) is 9.24. The van der Waals surface area contributed by atoms with Crippen molar-refractivity contribution >= 4 is 22.9 Å². The summed E-state index contributed by atoms with van der Waals surface area (Å²) in [5, 5.41) is 3.70. The van der Waals surface area contributed by atoms with E-state index in [4.69, 9.17) is 22.1 Å². The molecule has 0 fully saturated rings. The molecule has 3 nitrogen and oxygen atoms in total. The van der Waals surface area contributed by atoms with Crippen LogP contribution in [-0.4, -0.2) is 18.1 Å². The molecule has 0 saturated carbocycles. The number of aromatic nitrogens is 1. The largest absolute Gasteiger partial charge is 0.492 e. The molecule has 0 radical (unpaired) electrons. The van der Waals surface area contributed by atoms with Crippen LogP contribution in [0.4, 0.5) is 0 Å². The highest BCUT2D eigenvalue weighted by atomic mass is 35.5. The number of hydrogen-bond acceptors (Lipinski definition) is 4. The maximum Gasteiger partial charge on any atom is 0.137 e. The first-order valence-corrected chi connectivity index (χ1v) is 7.51. The quantitative estimate of drug-likeness (QED) is 0.888. The third kappa shape index (κ3) is 3.69. The van der Waals surface area contributed by atoms with Gasteiger partial charge in [-0.2, -0.15) is 0 Å². The summed E-state index contributed by atoms with van der Waals surface area (Å²) >= 11 is 7.83. The van der Waals surface area contributed by atoms with Crippen LogP contribution in [0.25, 0.3) is 0 Å². The zero-order valence-electron chi connectivity index (χ0n) is 10.8. The van der Waals surface area contributed by atoms with E-state index in [2.05, 4.69) is 4.98 Å². The first kappa shape index (κ1) is 14.3. The van der Waals surface area contributed by atoms with Gasteiger partial charge in [0.05, 0.1) is 16.6 Å². The number of nitrogens with zero attached hydrogens (tertiary/aromatic N) is 1. The predicted octanol–water partition coefficient (Wildman–Crippen LogP) is 3.48. The van der Waals surface area contributed by atoms with Gasteiger partial charge in [-0.15, -0.1) is 11.3 Å². The Hall–Kier alpha value is -1.10. The summed E-state index contributed by atoms with van der Waals surface area (Å²) in [6, 6.07) is 5.90. The summed E-state index contributed by atoms with van der Waals surface area (Å²) in [6.45, 7) is 3.14. The number of hydrogen-bond donors (Lipinski definition) is 1. The van der Waals surface area contributed by atoms with Crippen LogP contribution in [0, 0.1) is 0 Å². The van der Waals surface area contributed by atoms with E-state index in [1.165, 1.54) is 0 Å². The van der Waals surface area contributed by atoms with Crippen LogP contribution < -0.4 is 10.5 Å². The standard InChI is InChI=1S/C14H17ClN2OS/c1-2-18-13-4-3-10(8-12(13)15)7-11(9-16)14-17-5-6-19-14/h3-6,8,11H,2,7,9,16H2,1H3. The van der Waals surface area contributed by atoms with E-state index < -0.39 is 0 Å².